The summed E-state index contributed by atoms with van der Waals surface area (Å²) in [4.78, 5) is 12.2. The SMILES string of the molecule is COc1cccc(/C=N\NC(=O)CN(c2ccccc2)S(C)(=O)=O)c1OC. The fourth-order valence-corrected chi connectivity index (χ4v) is 3.20. The highest BCUT2D eigenvalue weighted by Crippen LogP contribution is 2.29. The highest BCUT2D eigenvalue weighted by Gasteiger charge is 2.20. The molecule has 0 saturated heterocycles. The fourth-order valence-electron chi connectivity index (χ4n) is 2.35. The average Bonchev–Trinajstić information content (AvgIpc) is 2.65. The lowest BCUT2D eigenvalue weighted by Gasteiger charge is -2.21. The number of rotatable bonds is 8. The number of anilines is 1. The van der Waals surface area contributed by atoms with E-state index in [-0.39, 0.29) is 0 Å². The van der Waals surface area contributed by atoms with Crippen molar-refractivity contribution in [3.8, 4) is 11.5 Å². The molecule has 0 fully saturated rings. The van der Waals surface area contributed by atoms with Gasteiger partial charge in [0.2, 0.25) is 10.0 Å². The summed E-state index contributed by atoms with van der Waals surface area (Å²) in [6, 6.07) is 13.6. The molecule has 0 spiro atoms. The van der Waals surface area contributed by atoms with Gasteiger partial charge in [-0.2, -0.15) is 5.10 Å². The highest BCUT2D eigenvalue weighted by atomic mass is 32.2. The first-order valence-corrected chi connectivity index (χ1v) is 9.77. The molecular weight excluding hydrogens is 370 g/mol. The maximum atomic E-state index is 12.2. The highest BCUT2D eigenvalue weighted by molar-refractivity contribution is 7.92. The predicted octanol–water partition coefficient (Wildman–Crippen LogP) is 1.62. The Kier molecular flexibility index (Phi) is 6.78. The van der Waals surface area contributed by atoms with Crippen LogP contribution in [-0.2, 0) is 14.8 Å². The molecule has 0 aliphatic rings. The number of methoxy groups -OCH3 is 2. The Morgan fingerprint density at radius 2 is 1.81 bits per heavy atom. The van der Waals surface area contributed by atoms with Crippen molar-refractivity contribution in [2.45, 2.75) is 0 Å². The zero-order valence-electron chi connectivity index (χ0n) is 15.2. The van der Waals surface area contributed by atoms with E-state index in [0.29, 0.717) is 22.7 Å². The third-order valence-electron chi connectivity index (χ3n) is 3.56. The van der Waals surface area contributed by atoms with Gasteiger partial charge in [0.1, 0.15) is 6.54 Å². The first-order valence-electron chi connectivity index (χ1n) is 7.92. The van der Waals surface area contributed by atoms with Crippen LogP contribution in [0.2, 0.25) is 0 Å². The van der Waals surface area contributed by atoms with E-state index in [1.807, 2.05) is 0 Å². The van der Waals surface area contributed by atoms with Crippen LogP contribution in [0.1, 0.15) is 5.56 Å². The molecule has 0 unspecified atom stereocenters. The Labute approximate surface area is 158 Å². The number of nitrogens with zero attached hydrogens (tertiary/aromatic N) is 2. The second-order valence-corrected chi connectivity index (χ2v) is 7.39. The van der Waals surface area contributed by atoms with E-state index in [0.717, 1.165) is 10.6 Å². The van der Waals surface area contributed by atoms with Crippen molar-refractivity contribution in [1.82, 2.24) is 5.43 Å². The smallest absolute Gasteiger partial charge is 0.260 e. The molecule has 0 bridgehead atoms. The minimum atomic E-state index is -3.63. The Bertz CT molecular complexity index is 914. The lowest BCUT2D eigenvalue weighted by Crippen LogP contribution is -2.38. The van der Waals surface area contributed by atoms with Gasteiger partial charge in [-0.15, -0.1) is 0 Å². The Morgan fingerprint density at radius 3 is 2.41 bits per heavy atom. The maximum absolute atomic E-state index is 12.2. The number of benzene rings is 2. The quantitative estimate of drug-likeness (QED) is 0.545. The van der Waals surface area contributed by atoms with Crippen LogP contribution >= 0.6 is 0 Å². The maximum Gasteiger partial charge on any atom is 0.260 e. The topological polar surface area (TPSA) is 97.3 Å². The third-order valence-corrected chi connectivity index (χ3v) is 4.70. The number of para-hydroxylation sites is 2. The van der Waals surface area contributed by atoms with E-state index in [9.17, 15) is 13.2 Å². The molecule has 1 amide bonds. The van der Waals surface area contributed by atoms with E-state index < -0.39 is 22.5 Å². The number of hydrogen-bond acceptors (Lipinski definition) is 6. The van der Waals surface area contributed by atoms with Crippen LogP contribution in [0.5, 0.6) is 11.5 Å². The van der Waals surface area contributed by atoms with Crippen LogP contribution in [0.3, 0.4) is 0 Å². The largest absolute Gasteiger partial charge is 0.493 e. The van der Waals surface area contributed by atoms with E-state index in [1.165, 1.54) is 20.4 Å². The summed E-state index contributed by atoms with van der Waals surface area (Å²) in [6.07, 6.45) is 2.43. The molecule has 1 N–H and O–H groups in total. The van der Waals surface area contributed by atoms with Gasteiger partial charge in [0.25, 0.3) is 5.91 Å². The fraction of sp³-hybridized carbons (Fsp3) is 0.222. The zero-order chi connectivity index (χ0) is 19.9. The molecule has 0 aliphatic carbocycles. The lowest BCUT2D eigenvalue weighted by atomic mass is 10.2. The number of amides is 1. The molecule has 2 aromatic rings. The molecule has 144 valence electrons. The number of sulfonamides is 1. The van der Waals surface area contributed by atoms with Gasteiger partial charge in [-0.3, -0.25) is 9.10 Å². The normalized spacial score (nSPS) is 11.2. The van der Waals surface area contributed by atoms with E-state index in [2.05, 4.69) is 10.5 Å². The van der Waals surface area contributed by atoms with Crippen LogP contribution in [0, 0.1) is 0 Å². The molecule has 0 radical (unpaired) electrons. The predicted molar refractivity (Wildman–Crippen MR) is 104 cm³/mol. The van der Waals surface area contributed by atoms with Crippen molar-refractivity contribution < 1.29 is 22.7 Å². The summed E-state index contributed by atoms with van der Waals surface area (Å²) in [5.74, 6) is 0.419. The van der Waals surface area contributed by atoms with Crippen LogP contribution in [0.15, 0.2) is 53.6 Å². The first-order chi connectivity index (χ1) is 12.9. The van der Waals surface area contributed by atoms with Gasteiger partial charge in [0.05, 0.1) is 32.4 Å². The van der Waals surface area contributed by atoms with Gasteiger partial charge in [-0.05, 0) is 24.3 Å². The summed E-state index contributed by atoms with van der Waals surface area (Å²) < 4.78 is 35.5. The molecule has 0 saturated carbocycles. The molecule has 8 nitrogen and oxygen atoms in total. The van der Waals surface area contributed by atoms with Crippen LogP contribution in [0.4, 0.5) is 5.69 Å². The standard InChI is InChI=1S/C18H21N3O5S/c1-25-16-11-7-8-14(18(16)26-2)12-19-20-17(22)13-21(27(3,23)24)15-9-5-4-6-10-15/h4-12H,13H2,1-3H3,(H,20,22)/b19-12-. The summed E-state index contributed by atoms with van der Waals surface area (Å²) >= 11 is 0. The summed E-state index contributed by atoms with van der Waals surface area (Å²) in [6.45, 7) is -0.393. The van der Waals surface area contributed by atoms with Gasteiger partial charge in [-0.1, -0.05) is 24.3 Å². The van der Waals surface area contributed by atoms with E-state index in [1.54, 1.807) is 48.5 Å². The second-order valence-electron chi connectivity index (χ2n) is 5.48. The molecule has 0 atom stereocenters. The first kappa shape index (κ1) is 20.2. The van der Waals surface area contributed by atoms with Crippen molar-refractivity contribution in [2.24, 2.45) is 5.10 Å². The second kappa shape index (κ2) is 9.04. The van der Waals surface area contributed by atoms with Crippen molar-refractivity contribution in [3.63, 3.8) is 0 Å². The van der Waals surface area contributed by atoms with Crippen LogP contribution < -0.4 is 19.2 Å². The molecule has 27 heavy (non-hydrogen) atoms. The molecule has 2 rings (SSSR count). The molecule has 9 heteroatoms. The van der Waals surface area contributed by atoms with Gasteiger partial charge >= 0.3 is 0 Å². The molecule has 0 aliphatic heterocycles. The van der Waals surface area contributed by atoms with Gasteiger partial charge in [-0.25, -0.2) is 13.8 Å². The molecule has 0 aromatic heterocycles. The summed E-state index contributed by atoms with van der Waals surface area (Å²) in [5, 5.41) is 3.87. The number of ether oxygens (including phenoxy) is 2. The number of hydrogen-bond donors (Lipinski definition) is 1. The van der Waals surface area contributed by atoms with E-state index >= 15 is 0 Å². The van der Waals surface area contributed by atoms with E-state index in [4.69, 9.17) is 9.47 Å². The minimum absolute atomic E-state index is 0.393. The Hall–Kier alpha value is -3.07. The molecular formula is C18H21N3O5S. The van der Waals surface area contributed by atoms with Crippen molar-refractivity contribution in [2.75, 3.05) is 31.3 Å². The number of nitrogens with one attached hydrogen (secondary N) is 1. The van der Waals surface area contributed by atoms with Crippen LogP contribution in [0.25, 0.3) is 0 Å². The molecule has 0 heterocycles. The average molecular weight is 391 g/mol. The lowest BCUT2D eigenvalue weighted by molar-refractivity contribution is -0.119. The number of carbonyl (C=O) groups is 1. The minimum Gasteiger partial charge on any atom is -0.493 e. The van der Waals surface area contributed by atoms with Crippen molar-refractivity contribution in [1.29, 1.82) is 0 Å². The summed E-state index contributed by atoms with van der Waals surface area (Å²) in [5.41, 5.74) is 3.31. The van der Waals surface area contributed by atoms with Crippen molar-refractivity contribution in [3.05, 3.63) is 54.1 Å². The molecule has 2 aromatic carbocycles. The number of hydrazone groups is 1. The van der Waals surface area contributed by atoms with Crippen molar-refractivity contribution >= 4 is 27.8 Å². The third kappa shape index (κ3) is 5.45. The number of carbonyl (C=O) groups excluding carboxylic acids is 1. The Morgan fingerprint density at radius 1 is 1.11 bits per heavy atom. The van der Waals surface area contributed by atoms with Gasteiger partial charge in [0, 0.05) is 5.56 Å². The summed E-state index contributed by atoms with van der Waals surface area (Å²) in [7, 11) is -0.610. The monoisotopic (exact) mass is 391 g/mol. The van der Waals surface area contributed by atoms with Gasteiger partial charge in [0.15, 0.2) is 11.5 Å². The zero-order valence-corrected chi connectivity index (χ0v) is 16.1. The van der Waals surface area contributed by atoms with Gasteiger partial charge < -0.3 is 9.47 Å². The van der Waals surface area contributed by atoms with Crippen LogP contribution in [-0.4, -0.2) is 47.6 Å². The Balaban J connectivity index is 2.10.